The Morgan fingerprint density at radius 3 is 2.45 bits per heavy atom. The highest BCUT2D eigenvalue weighted by atomic mass is 32.2. The first-order valence-corrected chi connectivity index (χ1v) is 10.7. The number of phenols is 1. The van der Waals surface area contributed by atoms with Crippen LogP contribution >= 0.6 is 0 Å². The highest BCUT2D eigenvalue weighted by Gasteiger charge is 2.19. The van der Waals surface area contributed by atoms with Gasteiger partial charge >= 0.3 is 5.69 Å². The number of nitrogens with one attached hydrogen (secondary N) is 4. The zero-order valence-corrected chi connectivity index (χ0v) is 16.9. The Morgan fingerprint density at radius 2 is 1.65 bits per heavy atom. The van der Waals surface area contributed by atoms with Crippen molar-refractivity contribution in [2.24, 2.45) is 0 Å². The molecule has 0 radical (unpaired) electrons. The van der Waals surface area contributed by atoms with Gasteiger partial charge in [0.15, 0.2) is 0 Å². The van der Waals surface area contributed by atoms with E-state index in [4.69, 9.17) is 0 Å². The Bertz CT molecular complexity index is 1440. The summed E-state index contributed by atoms with van der Waals surface area (Å²) in [5.74, 6) is -0.457. The van der Waals surface area contributed by atoms with E-state index in [1.165, 1.54) is 36.4 Å². The van der Waals surface area contributed by atoms with Crippen LogP contribution in [0.1, 0.15) is 15.9 Å². The Labute approximate surface area is 176 Å². The van der Waals surface area contributed by atoms with Gasteiger partial charge in [0.2, 0.25) is 0 Å². The summed E-state index contributed by atoms with van der Waals surface area (Å²) < 4.78 is 28.2. The first-order valence-electron chi connectivity index (χ1n) is 9.22. The Morgan fingerprint density at radius 1 is 0.935 bits per heavy atom. The van der Waals surface area contributed by atoms with E-state index in [0.717, 1.165) is 0 Å². The van der Waals surface area contributed by atoms with E-state index >= 15 is 0 Å². The number of para-hydroxylation sites is 2. The average Bonchev–Trinajstić information content (AvgIpc) is 3.12. The first kappa shape index (κ1) is 20.2. The molecule has 1 aromatic heterocycles. The summed E-state index contributed by atoms with van der Waals surface area (Å²) in [5, 5.41) is 12.5. The van der Waals surface area contributed by atoms with Gasteiger partial charge in [0.05, 0.1) is 27.2 Å². The molecule has 0 unspecified atom stereocenters. The summed E-state index contributed by atoms with van der Waals surface area (Å²) in [6, 6.07) is 16.9. The molecule has 1 amide bonds. The Balaban J connectivity index is 1.57. The number of hydrogen-bond donors (Lipinski definition) is 5. The fraction of sp³-hybridized carbons (Fsp3) is 0.0476. The summed E-state index contributed by atoms with van der Waals surface area (Å²) in [6.07, 6.45) is 0. The first-order chi connectivity index (χ1) is 14.8. The lowest BCUT2D eigenvalue weighted by molar-refractivity contribution is 0.0951. The number of carbonyl (C=O) groups is 1. The van der Waals surface area contributed by atoms with Crippen LogP contribution in [0.2, 0.25) is 0 Å². The van der Waals surface area contributed by atoms with Gasteiger partial charge in [0.1, 0.15) is 5.75 Å². The minimum absolute atomic E-state index is 0.0509. The number of sulfonamides is 1. The average molecular weight is 438 g/mol. The number of benzene rings is 3. The SMILES string of the molecule is O=C(NCc1ccccc1O)c1ccccc1NS(=O)(=O)c1ccc2[nH]c(=O)[nH]c2c1. The van der Waals surface area contributed by atoms with Gasteiger partial charge < -0.3 is 20.4 Å². The van der Waals surface area contributed by atoms with Crippen molar-refractivity contribution in [2.75, 3.05) is 4.72 Å². The molecule has 9 nitrogen and oxygen atoms in total. The van der Waals surface area contributed by atoms with E-state index < -0.39 is 21.6 Å². The maximum absolute atomic E-state index is 12.9. The molecule has 4 aromatic rings. The Kier molecular flexibility index (Phi) is 5.22. The lowest BCUT2D eigenvalue weighted by Gasteiger charge is -2.13. The van der Waals surface area contributed by atoms with Crippen molar-refractivity contribution in [3.05, 3.63) is 88.3 Å². The summed E-state index contributed by atoms with van der Waals surface area (Å²) in [4.78, 5) is 29.1. The van der Waals surface area contributed by atoms with Crippen molar-refractivity contribution in [1.82, 2.24) is 15.3 Å². The topological polar surface area (TPSA) is 144 Å². The smallest absolute Gasteiger partial charge is 0.323 e. The molecule has 158 valence electrons. The number of aromatic amines is 2. The van der Waals surface area contributed by atoms with Gasteiger partial charge in [-0.25, -0.2) is 13.2 Å². The predicted molar refractivity (Wildman–Crippen MR) is 115 cm³/mol. The molecule has 0 saturated carbocycles. The molecular formula is C21H18N4O5S. The summed E-state index contributed by atoms with van der Waals surface area (Å²) in [6.45, 7) is 0.0735. The van der Waals surface area contributed by atoms with Crippen LogP contribution in [0.25, 0.3) is 11.0 Å². The number of anilines is 1. The van der Waals surface area contributed by atoms with E-state index in [9.17, 15) is 23.1 Å². The molecule has 4 rings (SSSR count). The van der Waals surface area contributed by atoms with Crippen molar-refractivity contribution in [1.29, 1.82) is 0 Å². The van der Waals surface area contributed by atoms with Crippen LogP contribution in [0.3, 0.4) is 0 Å². The summed E-state index contributed by atoms with van der Waals surface area (Å²) in [7, 11) is -4.03. The van der Waals surface area contributed by atoms with Gasteiger partial charge in [0.25, 0.3) is 15.9 Å². The lowest BCUT2D eigenvalue weighted by Crippen LogP contribution is -2.25. The van der Waals surface area contributed by atoms with Gasteiger partial charge in [-0.1, -0.05) is 30.3 Å². The molecule has 3 aromatic carbocycles. The third-order valence-electron chi connectivity index (χ3n) is 4.64. The predicted octanol–water partition coefficient (Wildman–Crippen LogP) is 2.29. The number of aromatic hydroxyl groups is 1. The van der Waals surface area contributed by atoms with Gasteiger partial charge in [-0.05, 0) is 36.4 Å². The molecule has 0 saturated heterocycles. The summed E-state index contributed by atoms with van der Waals surface area (Å²) in [5.41, 5.74) is 1.14. The molecule has 0 atom stereocenters. The molecule has 0 aliphatic rings. The molecular weight excluding hydrogens is 420 g/mol. The number of aromatic nitrogens is 2. The highest BCUT2D eigenvalue weighted by molar-refractivity contribution is 7.92. The highest BCUT2D eigenvalue weighted by Crippen LogP contribution is 2.22. The zero-order chi connectivity index (χ0) is 22.0. The van der Waals surface area contributed by atoms with Gasteiger partial charge in [-0.15, -0.1) is 0 Å². The monoisotopic (exact) mass is 438 g/mol. The molecule has 0 aliphatic heterocycles. The molecule has 31 heavy (non-hydrogen) atoms. The number of amides is 1. The maximum atomic E-state index is 12.9. The third kappa shape index (κ3) is 4.28. The Hall–Kier alpha value is -4.05. The minimum atomic E-state index is -4.03. The number of imidazole rings is 1. The van der Waals surface area contributed by atoms with Crippen LogP contribution in [0, 0.1) is 0 Å². The minimum Gasteiger partial charge on any atom is -0.508 e. The fourth-order valence-corrected chi connectivity index (χ4v) is 4.19. The van der Waals surface area contributed by atoms with E-state index in [1.54, 1.807) is 30.3 Å². The van der Waals surface area contributed by atoms with Gasteiger partial charge in [-0.3, -0.25) is 9.52 Å². The van der Waals surface area contributed by atoms with Gasteiger partial charge in [-0.2, -0.15) is 0 Å². The number of rotatable bonds is 6. The number of hydrogen-bond acceptors (Lipinski definition) is 5. The molecule has 0 fully saturated rings. The van der Waals surface area contributed by atoms with Crippen LogP contribution in [-0.4, -0.2) is 29.4 Å². The van der Waals surface area contributed by atoms with Crippen molar-refractivity contribution < 1.29 is 18.3 Å². The van der Waals surface area contributed by atoms with Crippen LogP contribution in [0.4, 0.5) is 5.69 Å². The third-order valence-corrected chi connectivity index (χ3v) is 6.01. The second-order valence-corrected chi connectivity index (χ2v) is 8.43. The van der Waals surface area contributed by atoms with Crippen LogP contribution in [-0.2, 0) is 16.6 Å². The van der Waals surface area contributed by atoms with Crippen molar-refractivity contribution in [3.63, 3.8) is 0 Å². The van der Waals surface area contributed by atoms with Gasteiger partial charge in [0, 0.05) is 12.1 Å². The fourth-order valence-electron chi connectivity index (χ4n) is 3.08. The largest absolute Gasteiger partial charge is 0.508 e. The second kappa shape index (κ2) is 8.00. The van der Waals surface area contributed by atoms with E-state index in [0.29, 0.717) is 16.6 Å². The number of fused-ring (bicyclic) bond motifs is 1. The van der Waals surface area contributed by atoms with E-state index in [-0.39, 0.29) is 28.4 Å². The quantitative estimate of drug-likeness (QED) is 0.314. The summed E-state index contributed by atoms with van der Waals surface area (Å²) >= 11 is 0. The van der Waals surface area contributed by atoms with Crippen LogP contribution < -0.4 is 15.7 Å². The molecule has 0 bridgehead atoms. The molecule has 1 heterocycles. The zero-order valence-electron chi connectivity index (χ0n) is 16.0. The molecule has 10 heteroatoms. The maximum Gasteiger partial charge on any atom is 0.323 e. The standard InChI is InChI=1S/C21H18N4O5S/c26-19-8-4-1-5-13(19)12-22-20(27)15-6-2-3-7-16(15)25-31(29,30)14-9-10-17-18(11-14)24-21(28)23-17/h1-11,25-26H,12H2,(H,22,27)(H2,23,24,28). The molecule has 0 aliphatic carbocycles. The number of H-pyrrole nitrogens is 2. The molecule has 0 spiro atoms. The van der Waals surface area contributed by atoms with Crippen LogP contribution in [0.15, 0.2) is 76.4 Å². The van der Waals surface area contributed by atoms with Crippen molar-refractivity contribution >= 4 is 32.7 Å². The van der Waals surface area contributed by atoms with E-state index in [2.05, 4.69) is 20.0 Å². The molecule has 5 N–H and O–H groups in total. The van der Waals surface area contributed by atoms with Crippen LogP contribution in [0.5, 0.6) is 5.75 Å². The number of carbonyl (C=O) groups excluding carboxylic acids is 1. The van der Waals surface area contributed by atoms with E-state index in [1.807, 2.05) is 0 Å². The normalized spacial score (nSPS) is 11.4. The number of phenolic OH excluding ortho intramolecular Hbond substituents is 1. The second-order valence-electron chi connectivity index (χ2n) is 6.75. The van der Waals surface area contributed by atoms with Crippen molar-refractivity contribution in [2.45, 2.75) is 11.4 Å². The lowest BCUT2D eigenvalue weighted by atomic mass is 10.1. The van der Waals surface area contributed by atoms with Crippen molar-refractivity contribution in [3.8, 4) is 5.75 Å².